The molecule has 3 rings (SSSR count). The van der Waals surface area contributed by atoms with Gasteiger partial charge in [-0.15, -0.1) is 0 Å². The molecule has 2 aromatic rings. The van der Waals surface area contributed by atoms with Gasteiger partial charge in [0.15, 0.2) is 0 Å². The van der Waals surface area contributed by atoms with E-state index in [2.05, 4.69) is 5.32 Å². The van der Waals surface area contributed by atoms with Gasteiger partial charge in [-0.3, -0.25) is 9.59 Å². The molecule has 1 aliphatic rings. The van der Waals surface area contributed by atoms with Crippen LogP contribution in [0.15, 0.2) is 48.5 Å². The molecule has 1 heterocycles. The molecule has 1 N–H and O–H groups in total. The fourth-order valence-electron chi connectivity index (χ4n) is 2.74. The minimum atomic E-state index is -0.175. The van der Waals surface area contributed by atoms with Gasteiger partial charge in [-0.1, -0.05) is 12.1 Å². The molecule has 136 valence electrons. The summed E-state index contributed by atoms with van der Waals surface area (Å²) in [6.07, 6.45) is 0. The zero-order chi connectivity index (χ0) is 18.4. The molecule has 2 amide bonds. The van der Waals surface area contributed by atoms with E-state index in [-0.39, 0.29) is 11.8 Å². The summed E-state index contributed by atoms with van der Waals surface area (Å²) < 4.78 is 10.4. The highest BCUT2D eigenvalue weighted by molar-refractivity contribution is 5.97. The van der Waals surface area contributed by atoms with Gasteiger partial charge in [0.1, 0.15) is 5.75 Å². The number of hydrogen-bond donors (Lipinski definition) is 1. The Morgan fingerprint density at radius 3 is 2.23 bits per heavy atom. The number of nitrogens with one attached hydrogen (secondary N) is 1. The van der Waals surface area contributed by atoms with Crippen molar-refractivity contribution in [3.05, 3.63) is 65.2 Å². The number of hydrogen-bond acceptors (Lipinski definition) is 4. The fourth-order valence-corrected chi connectivity index (χ4v) is 2.74. The Bertz CT molecular complexity index is 750. The van der Waals surface area contributed by atoms with Crippen LogP contribution in [0.25, 0.3) is 0 Å². The Labute approximate surface area is 152 Å². The molecule has 1 aliphatic heterocycles. The molecule has 0 bridgehead atoms. The maximum absolute atomic E-state index is 12.4. The van der Waals surface area contributed by atoms with Crippen LogP contribution in [0.4, 0.5) is 0 Å². The maximum Gasteiger partial charge on any atom is 0.254 e. The van der Waals surface area contributed by atoms with Gasteiger partial charge in [-0.25, -0.2) is 0 Å². The lowest BCUT2D eigenvalue weighted by Gasteiger charge is -2.26. The molecule has 0 aromatic heterocycles. The van der Waals surface area contributed by atoms with E-state index in [0.29, 0.717) is 44.0 Å². The lowest BCUT2D eigenvalue weighted by molar-refractivity contribution is 0.0303. The van der Waals surface area contributed by atoms with Crippen molar-refractivity contribution in [1.82, 2.24) is 10.2 Å². The molecule has 6 heteroatoms. The highest BCUT2D eigenvalue weighted by Gasteiger charge is 2.18. The smallest absolute Gasteiger partial charge is 0.254 e. The van der Waals surface area contributed by atoms with E-state index in [1.165, 1.54) is 0 Å². The molecule has 0 aliphatic carbocycles. The van der Waals surface area contributed by atoms with E-state index in [0.717, 1.165) is 11.3 Å². The molecule has 0 spiro atoms. The molecular weight excluding hydrogens is 332 g/mol. The summed E-state index contributed by atoms with van der Waals surface area (Å²) in [7, 11) is 1.62. The van der Waals surface area contributed by atoms with Crippen LogP contribution in [0.5, 0.6) is 5.75 Å². The van der Waals surface area contributed by atoms with Crippen LogP contribution in [0.2, 0.25) is 0 Å². The summed E-state index contributed by atoms with van der Waals surface area (Å²) in [5.74, 6) is 0.574. The minimum Gasteiger partial charge on any atom is -0.497 e. The lowest BCUT2D eigenvalue weighted by atomic mass is 10.1. The van der Waals surface area contributed by atoms with E-state index < -0.39 is 0 Å². The maximum atomic E-state index is 12.4. The van der Waals surface area contributed by atoms with Gasteiger partial charge in [0.25, 0.3) is 11.8 Å². The predicted molar refractivity (Wildman–Crippen MR) is 97.3 cm³/mol. The number of morpholine rings is 1. The number of rotatable bonds is 5. The number of ether oxygens (including phenoxy) is 2. The molecule has 1 fully saturated rings. The molecular formula is C20H22N2O4. The second-order valence-corrected chi connectivity index (χ2v) is 6.01. The average Bonchev–Trinajstić information content (AvgIpc) is 2.72. The Hall–Kier alpha value is -2.86. The fraction of sp³-hybridized carbons (Fsp3) is 0.300. The minimum absolute atomic E-state index is 0.0292. The zero-order valence-electron chi connectivity index (χ0n) is 14.7. The van der Waals surface area contributed by atoms with Crippen molar-refractivity contribution >= 4 is 11.8 Å². The van der Waals surface area contributed by atoms with Crippen LogP contribution in [0, 0.1) is 0 Å². The van der Waals surface area contributed by atoms with Crippen molar-refractivity contribution in [2.45, 2.75) is 6.54 Å². The number of carbonyl (C=O) groups excluding carboxylic acids is 2. The van der Waals surface area contributed by atoms with Gasteiger partial charge in [-0.05, 0) is 42.0 Å². The third kappa shape index (κ3) is 4.40. The van der Waals surface area contributed by atoms with Gasteiger partial charge in [0.2, 0.25) is 0 Å². The third-order valence-electron chi connectivity index (χ3n) is 4.30. The number of benzene rings is 2. The second-order valence-electron chi connectivity index (χ2n) is 6.01. The first-order valence-corrected chi connectivity index (χ1v) is 8.55. The van der Waals surface area contributed by atoms with Crippen LogP contribution in [0.3, 0.4) is 0 Å². The molecule has 0 atom stereocenters. The van der Waals surface area contributed by atoms with Crippen molar-refractivity contribution < 1.29 is 19.1 Å². The number of nitrogens with zero attached hydrogens (tertiary/aromatic N) is 1. The lowest BCUT2D eigenvalue weighted by Crippen LogP contribution is -2.40. The quantitative estimate of drug-likeness (QED) is 0.893. The standard InChI is InChI=1S/C20H22N2O4/c1-25-18-8-2-15(3-9-18)14-21-19(23)16-4-6-17(7-5-16)20(24)22-10-12-26-13-11-22/h2-9H,10-14H2,1H3,(H,21,23). The third-order valence-corrected chi connectivity index (χ3v) is 4.30. The summed E-state index contributed by atoms with van der Waals surface area (Å²) in [4.78, 5) is 26.4. The SMILES string of the molecule is COc1ccc(CNC(=O)c2ccc(C(=O)N3CCOCC3)cc2)cc1. The van der Waals surface area contributed by atoms with Crippen LogP contribution in [0.1, 0.15) is 26.3 Å². The Morgan fingerprint density at radius 1 is 1.00 bits per heavy atom. The van der Waals surface area contributed by atoms with Gasteiger partial charge < -0.3 is 19.7 Å². The second kappa shape index (κ2) is 8.49. The topological polar surface area (TPSA) is 67.9 Å². The largest absolute Gasteiger partial charge is 0.497 e. The molecule has 26 heavy (non-hydrogen) atoms. The molecule has 6 nitrogen and oxygen atoms in total. The normalized spacial score (nSPS) is 14.0. The number of methoxy groups -OCH3 is 1. The average molecular weight is 354 g/mol. The monoisotopic (exact) mass is 354 g/mol. The van der Waals surface area contributed by atoms with Crippen molar-refractivity contribution in [3.8, 4) is 5.75 Å². The van der Waals surface area contributed by atoms with Gasteiger partial charge >= 0.3 is 0 Å². The predicted octanol–water partition coefficient (Wildman–Crippen LogP) is 2.10. The van der Waals surface area contributed by atoms with Gasteiger partial charge in [0.05, 0.1) is 20.3 Å². The highest BCUT2D eigenvalue weighted by atomic mass is 16.5. The molecule has 2 aromatic carbocycles. The van der Waals surface area contributed by atoms with Crippen LogP contribution in [-0.2, 0) is 11.3 Å². The van der Waals surface area contributed by atoms with E-state index in [4.69, 9.17) is 9.47 Å². The zero-order valence-corrected chi connectivity index (χ0v) is 14.7. The Balaban J connectivity index is 1.56. The molecule has 1 saturated heterocycles. The molecule has 0 unspecified atom stereocenters. The first-order valence-electron chi connectivity index (χ1n) is 8.55. The summed E-state index contributed by atoms with van der Waals surface area (Å²) >= 11 is 0. The number of carbonyl (C=O) groups is 2. The van der Waals surface area contributed by atoms with E-state index in [1.807, 2.05) is 24.3 Å². The van der Waals surface area contributed by atoms with Crippen LogP contribution < -0.4 is 10.1 Å². The molecule has 0 radical (unpaired) electrons. The van der Waals surface area contributed by atoms with Crippen molar-refractivity contribution in [2.75, 3.05) is 33.4 Å². The van der Waals surface area contributed by atoms with Crippen molar-refractivity contribution in [3.63, 3.8) is 0 Å². The van der Waals surface area contributed by atoms with E-state index in [1.54, 1.807) is 36.3 Å². The highest BCUT2D eigenvalue weighted by Crippen LogP contribution is 2.12. The molecule has 0 saturated carbocycles. The van der Waals surface area contributed by atoms with E-state index in [9.17, 15) is 9.59 Å². The van der Waals surface area contributed by atoms with Gasteiger partial charge in [-0.2, -0.15) is 0 Å². The van der Waals surface area contributed by atoms with Crippen molar-refractivity contribution in [1.29, 1.82) is 0 Å². The van der Waals surface area contributed by atoms with Gasteiger partial charge in [0, 0.05) is 30.8 Å². The summed E-state index contributed by atoms with van der Waals surface area (Å²) in [5.41, 5.74) is 2.09. The van der Waals surface area contributed by atoms with Crippen LogP contribution in [-0.4, -0.2) is 50.1 Å². The summed E-state index contributed by atoms with van der Waals surface area (Å²) in [5, 5.41) is 2.87. The first kappa shape index (κ1) is 17.9. The summed E-state index contributed by atoms with van der Waals surface area (Å²) in [6.45, 7) is 2.76. The number of amides is 2. The Kier molecular flexibility index (Phi) is 5.86. The van der Waals surface area contributed by atoms with Crippen LogP contribution >= 0.6 is 0 Å². The Morgan fingerprint density at radius 2 is 1.62 bits per heavy atom. The first-order chi connectivity index (χ1) is 12.7. The summed E-state index contributed by atoms with van der Waals surface area (Å²) in [6, 6.07) is 14.3. The van der Waals surface area contributed by atoms with E-state index >= 15 is 0 Å². The van der Waals surface area contributed by atoms with Crippen molar-refractivity contribution in [2.24, 2.45) is 0 Å².